The van der Waals surface area contributed by atoms with Crippen LogP contribution in [0.4, 0.5) is 5.69 Å². The third-order valence-electron chi connectivity index (χ3n) is 3.31. The first-order chi connectivity index (χ1) is 9.15. The van der Waals surface area contributed by atoms with Crippen LogP contribution in [0.1, 0.15) is 30.9 Å². The van der Waals surface area contributed by atoms with E-state index in [0.29, 0.717) is 12.8 Å². The zero-order valence-corrected chi connectivity index (χ0v) is 11.3. The first kappa shape index (κ1) is 13.7. The van der Waals surface area contributed by atoms with E-state index in [1.807, 2.05) is 6.07 Å². The van der Waals surface area contributed by atoms with Crippen molar-refractivity contribution in [3.63, 3.8) is 0 Å². The molecule has 1 aliphatic rings. The normalized spacial score (nSPS) is 13.8. The lowest BCUT2D eigenvalue weighted by atomic mass is 9.99. The molecule has 1 aromatic carbocycles. The third kappa shape index (κ3) is 4.17. The van der Waals surface area contributed by atoms with Crippen molar-refractivity contribution in [2.45, 2.75) is 32.6 Å². The van der Waals surface area contributed by atoms with Gasteiger partial charge in [-0.1, -0.05) is 12.1 Å². The molecule has 4 heteroatoms. The number of carbonyl (C=O) groups is 2. The maximum absolute atomic E-state index is 11.3. The number of hydrogen-bond acceptors (Lipinski definition) is 3. The van der Waals surface area contributed by atoms with Gasteiger partial charge in [-0.3, -0.25) is 9.59 Å². The summed E-state index contributed by atoms with van der Waals surface area (Å²) < 4.78 is 0. The Bertz CT molecular complexity index is 483. The van der Waals surface area contributed by atoms with Crippen LogP contribution in [0.25, 0.3) is 0 Å². The van der Waals surface area contributed by atoms with E-state index in [1.54, 1.807) is 6.92 Å². The second-order valence-corrected chi connectivity index (χ2v) is 4.99. The van der Waals surface area contributed by atoms with Gasteiger partial charge in [-0.2, -0.15) is 0 Å². The number of anilines is 1. The highest BCUT2D eigenvalue weighted by Gasteiger charge is 2.14. The molecule has 1 heterocycles. The Morgan fingerprint density at radius 1 is 1.32 bits per heavy atom. The van der Waals surface area contributed by atoms with Gasteiger partial charge < -0.3 is 10.6 Å². The van der Waals surface area contributed by atoms with Gasteiger partial charge in [0.1, 0.15) is 5.78 Å². The number of hydrogen-bond donors (Lipinski definition) is 2. The number of Topliss-reactive ketones (excluding diaryl/α,β-unsaturated/α-hetero) is 1. The van der Waals surface area contributed by atoms with Gasteiger partial charge in [0.05, 0.1) is 0 Å². The summed E-state index contributed by atoms with van der Waals surface area (Å²) >= 11 is 0. The highest BCUT2D eigenvalue weighted by molar-refractivity contribution is 5.93. The molecule has 1 aliphatic heterocycles. The predicted octanol–water partition coefficient (Wildman–Crippen LogP) is 1.68. The SMILES string of the molecule is CC(=O)CCNCCc1ccc2c(c1)CCC(=O)N2. The van der Waals surface area contributed by atoms with Crippen molar-refractivity contribution >= 4 is 17.4 Å². The van der Waals surface area contributed by atoms with Gasteiger partial charge >= 0.3 is 0 Å². The molecule has 0 atom stereocenters. The molecule has 1 amide bonds. The van der Waals surface area contributed by atoms with Crippen molar-refractivity contribution in [2.75, 3.05) is 18.4 Å². The fourth-order valence-corrected chi connectivity index (χ4v) is 2.21. The molecule has 0 aliphatic carbocycles. The van der Waals surface area contributed by atoms with Crippen molar-refractivity contribution in [3.05, 3.63) is 29.3 Å². The van der Waals surface area contributed by atoms with Gasteiger partial charge in [0.2, 0.25) is 5.91 Å². The molecule has 2 N–H and O–H groups in total. The van der Waals surface area contributed by atoms with Crippen molar-refractivity contribution in [3.8, 4) is 0 Å². The molecular weight excluding hydrogens is 240 g/mol. The van der Waals surface area contributed by atoms with Crippen LogP contribution in [0, 0.1) is 0 Å². The summed E-state index contributed by atoms with van der Waals surface area (Å²) in [6.45, 7) is 3.23. The minimum absolute atomic E-state index is 0.103. The number of aryl methyl sites for hydroxylation is 1. The van der Waals surface area contributed by atoms with Gasteiger partial charge in [0.25, 0.3) is 0 Å². The van der Waals surface area contributed by atoms with Crippen molar-refractivity contribution in [2.24, 2.45) is 0 Å². The molecule has 0 saturated carbocycles. The molecule has 4 nitrogen and oxygen atoms in total. The first-order valence-corrected chi connectivity index (χ1v) is 6.77. The summed E-state index contributed by atoms with van der Waals surface area (Å²) in [4.78, 5) is 22.1. The maximum Gasteiger partial charge on any atom is 0.224 e. The minimum atomic E-state index is 0.103. The molecule has 0 radical (unpaired) electrons. The topological polar surface area (TPSA) is 58.2 Å². The zero-order valence-electron chi connectivity index (χ0n) is 11.3. The van der Waals surface area contributed by atoms with Gasteiger partial charge in [0, 0.05) is 25.1 Å². The molecule has 1 aromatic rings. The molecule has 0 aromatic heterocycles. The van der Waals surface area contributed by atoms with Crippen molar-refractivity contribution in [1.82, 2.24) is 5.32 Å². The summed E-state index contributed by atoms with van der Waals surface area (Å²) in [7, 11) is 0. The number of benzene rings is 1. The van der Waals surface area contributed by atoms with Gasteiger partial charge in [-0.25, -0.2) is 0 Å². The Balaban J connectivity index is 1.82. The van der Waals surface area contributed by atoms with E-state index in [0.717, 1.165) is 31.6 Å². The van der Waals surface area contributed by atoms with Crippen LogP contribution in [-0.2, 0) is 22.4 Å². The van der Waals surface area contributed by atoms with E-state index in [4.69, 9.17) is 0 Å². The van der Waals surface area contributed by atoms with E-state index < -0.39 is 0 Å². The average Bonchev–Trinajstić information content (AvgIpc) is 2.38. The van der Waals surface area contributed by atoms with Gasteiger partial charge in [-0.05, 0) is 43.5 Å². The molecule has 0 fully saturated rings. The minimum Gasteiger partial charge on any atom is -0.326 e. The standard InChI is InChI=1S/C15H20N2O2/c1-11(18)6-8-16-9-7-12-2-4-14-13(10-12)3-5-15(19)17-14/h2,4,10,16H,3,5-9H2,1H3,(H,17,19). The van der Waals surface area contributed by atoms with Crippen molar-refractivity contribution < 1.29 is 9.59 Å². The molecular formula is C15H20N2O2. The lowest BCUT2D eigenvalue weighted by molar-refractivity contribution is -0.117. The van der Waals surface area contributed by atoms with Crippen LogP contribution < -0.4 is 10.6 Å². The Labute approximate surface area is 113 Å². The summed E-state index contributed by atoms with van der Waals surface area (Å²) in [6.07, 6.45) is 2.94. The van der Waals surface area contributed by atoms with Gasteiger partial charge in [0.15, 0.2) is 0 Å². The summed E-state index contributed by atoms with van der Waals surface area (Å²) in [6, 6.07) is 6.20. The highest BCUT2D eigenvalue weighted by Crippen LogP contribution is 2.23. The fraction of sp³-hybridized carbons (Fsp3) is 0.467. The van der Waals surface area contributed by atoms with E-state index >= 15 is 0 Å². The fourth-order valence-electron chi connectivity index (χ4n) is 2.21. The van der Waals surface area contributed by atoms with E-state index in [2.05, 4.69) is 22.8 Å². The second-order valence-electron chi connectivity index (χ2n) is 4.99. The monoisotopic (exact) mass is 260 g/mol. The highest BCUT2D eigenvalue weighted by atomic mass is 16.1. The molecule has 0 unspecified atom stereocenters. The van der Waals surface area contributed by atoms with Crippen LogP contribution in [0.15, 0.2) is 18.2 Å². The van der Waals surface area contributed by atoms with Crippen LogP contribution >= 0.6 is 0 Å². The largest absolute Gasteiger partial charge is 0.326 e. The molecule has 0 saturated heterocycles. The van der Waals surface area contributed by atoms with Crippen LogP contribution in [-0.4, -0.2) is 24.8 Å². The lowest BCUT2D eigenvalue weighted by Crippen LogP contribution is -2.21. The molecule has 0 bridgehead atoms. The zero-order chi connectivity index (χ0) is 13.7. The molecule has 102 valence electrons. The van der Waals surface area contributed by atoms with Crippen LogP contribution in [0.2, 0.25) is 0 Å². The van der Waals surface area contributed by atoms with Crippen LogP contribution in [0.5, 0.6) is 0 Å². The number of nitrogens with one attached hydrogen (secondary N) is 2. The number of ketones is 1. The van der Waals surface area contributed by atoms with E-state index in [1.165, 1.54) is 11.1 Å². The lowest BCUT2D eigenvalue weighted by Gasteiger charge is -2.17. The quantitative estimate of drug-likeness (QED) is 0.765. The average molecular weight is 260 g/mol. The smallest absolute Gasteiger partial charge is 0.224 e. The third-order valence-corrected chi connectivity index (χ3v) is 3.31. The first-order valence-electron chi connectivity index (χ1n) is 6.77. The number of rotatable bonds is 6. The maximum atomic E-state index is 11.3. The Morgan fingerprint density at radius 2 is 2.16 bits per heavy atom. The number of fused-ring (bicyclic) bond motifs is 1. The number of amides is 1. The predicted molar refractivity (Wildman–Crippen MR) is 75.3 cm³/mol. The number of carbonyl (C=O) groups excluding carboxylic acids is 2. The van der Waals surface area contributed by atoms with E-state index in [9.17, 15) is 9.59 Å². The molecule has 0 spiro atoms. The Hall–Kier alpha value is -1.68. The summed E-state index contributed by atoms with van der Waals surface area (Å²) in [5.41, 5.74) is 3.44. The van der Waals surface area contributed by atoms with Gasteiger partial charge in [-0.15, -0.1) is 0 Å². The second kappa shape index (κ2) is 6.48. The molecule has 2 rings (SSSR count). The Morgan fingerprint density at radius 3 is 2.95 bits per heavy atom. The van der Waals surface area contributed by atoms with Crippen molar-refractivity contribution in [1.29, 1.82) is 0 Å². The summed E-state index contributed by atoms with van der Waals surface area (Å²) in [5.74, 6) is 0.322. The van der Waals surface area contributed by atoms with Crippen LogP contribution in [0.3, 0.4) is 0 Å². The molecule has 19 heavy (non-hydrogen) atoms. The van der Waals surface area contributed by atoms with E-state index in [-0.39, 0.29) is 11.7 Å². The summed E-state index contributed by atoms with van der Waals surface area (Å²) in [5, 5.41) is 6.15. The Kier molecular flexibility index (Phi) is 4.68.